The second-order valence-electron chi connectivity index (χ2n) is 9.63. The van der Waals surface area contributed by atoms with Crippen molar-refractivity contribution in [2.24, 2.45) is 4.99 Å². The summed E-state index contributed by atoms with van der Waals surface area (Å²) in [4.78, 5) is 11.1. The lowest BCUT2D eigenvalue weighted by Gasteiger charge is -2.42. The lowest BCUT2D eigenvalue weighted by Crippen LogP contribution is -2.49. The molecule has 1 N–H and O–H groups in total. The van der Waals surface area contributed by atoms with E-state index in [2.05, 4.69) is 22.5 Å². The molecular weight excluding hydrogens is 513 g/mol. The minimum absolute atomic E-state index is 0.160. The van der Waals surface area contributed by atoms with Crippen molar-refractivity contribution in [1.29, 1.82) is 0 Å². The Bertz CT molecular complexity index is 1380. The van der Waals surface area contributed by atoms with Gasteiger partial charge in [0.15, 0.2) is 0 Å². The fourth-order valence-electron chi connectivity index (χ4n) is 5.51. The number of thioether (sulfide) groups is 1. The molecule has 0 unspecified atom stereocenters. The Labute approximate surface area is 220 Å². The third kappa shape index (κ3) is 4.32. The number of likely N-dealkylation sites (tertiary alicyclic amines) is 1. The number of sulfonamides is 1. The molecule has 6 rings (SSSR count). The minimum atomic E-state index is -3.73. The maximum absolute atomic E-state index is 13.3. The van der Waals surface area contributed by atoms with Crippen LogP contribution < -0.4 is 4.31 Å². The van der Waals surface area contributed by atoms with Gasteiger partial charge in [-0.2, -0.15) is 8.42 Å². The number of nitrogens with one attached hydrogen (secondary N) is 1. The van der Waals surface area contributed by atoms with E-state index in [1.807, 2.05) is 30.0 Å². The number of H-pyrrole nitrogens is 1. The predicted octanol–water partition coefficient (Wildman–Crippen LogP) is 5.08. The van der Waals surface area contributed by atoms with Crippen molar-refractivity contribution in [3.63, 3.8) is 0 Å². The highest BCUT2D eigenvalue weighted by Crippen LogP contribution is 2.44. The van der Waals surface area contributed by atoms with Crippen LogP contribution in [0, 0.1) is 0 Å². The quantitative estimate of drug-likeness (QED) is 0.470. The van der Waals surface area contributed by atoms with Crippen LogP contribution in [0.3, 0.4) is 0 Å². The Kier molecular flexibility index (Phi) is 6.49. The van der Waals surface area contributed by atoms with Crippen LogP contribution in [0.2, 0.25) is 0 Å². The van der Waals surface area contributed by atoms with Crippen molar-refractivity contribution in [3.05, 3.63) is 60.3 Å². The zero-order valence-corrected chi connectivity index (χ0v) is 22.5. The number of aromatic amines is 1. The molecule has 0 aliphatic carbocycles. The Balaban J connectivity index is 1.22. The van der Waals surface area contributed by atoms with E-state index in [1.165, 1.54) is 21.8 Å². The van der Waals surface area contributed by atoms with Crippen LogP contribution in [0.1, 0.15) is 31.4 Å². The first kappa shape index (κ1) is 24.2. The van der Waals surface area contributed by atoms with Gasteiger partial charge in [0.2, 0.25) is 0 Å². The smallest absolute Gasteiger partial charge is 0.277 e. The van der Waals surface area contributed by atoms with Crippen LogP contribution in [-0.4, -0.2) is 67.0 Å². The Morgan fingerprint density at radius 2 is 2.00 bits per heavy atom. The van der Waals surface area contributed by atoms with Crippen LogP contribution in [0.5, 0.6) is 0 Å². The van der Waals surface area contributed by atoms with Gasteiger partial charge in [0.05, 0.1) is 23.4 Å². The molecule has 3 aliphatic heterocycles. The first-order chi connectivity index (χ1) is 17.5. The second kappa shape index (κ2) is 9.64. The van der Waals surface area contributed by atoms with Crippen molar-refractivity contribution >= 4 is 54.8 Å². The van der Waals surface area contributed by atoms with Crippen molar-refractivity contribution in [1.82, 2.24) is 9.88 Å². The third-order valence-electron chi connectivity index (χ3n) is 7.52. The number of rotatable bonds is 6. The summed E-state index contributed by atoms with van der Waals surface area (Å²) in [7, 11) is -3.73. The SMILES string of the molecule is C=CN(c1cccc2cc(C3=NCC4(CCN(C5CCOCC5)CC4)S3)[nH]c12)S(=O)(=O)c1cccs1. The fraction of sp³-hybridized carbons (Fsp3) is 0.423. The molecule has 2 saturated heterocycles. The zero-order valence-electron chi connectivity index (χ0n) is 20.1. The predicted molar refractivity (Wildman–Crippen MR) is 149 cm³/mol. The first-order valence-corrected chi connectivity index (χ1v) is 15.5. The standard InChI is InChI=1S/C26H30N4O3S3/c1-2-30(36(31,32)23-7-4-16-34-23)22-6-3-5-19-17-21(28-24(19)22)25-27-18-26(35-25)10-12-29(13-11-26)20-8-14-33-15-9-20/h2-7,16-17,20,28H,1,8-15,18H2. The molecular formula is C26H30N4O3S3. The Hall–Kier alpha value is -2.11. The first-order valence-electron chi connectivity index (χ1n) is 12.4. The Morgan fingerprint density at radius 1 is 1.19 bits per heavy atom. The highest BCUT2D eigenvalue weighted by Gasteiger charge is 2.42. The number of benzene rings is 1. The average Bonchev–Trinajstić information content (AvgIpc) is 3.66. The Morgan fingerprint density at radius 3 is 2.72 bits per heavy atom. The molecule has 0 bridgehead atoms. The molecule has 7 nitrogen and oxygen atoms in total. The van der Waals surface area contributed by atoms with Crippen LogP contribution >= 0.6 is 23.1 Å². The van der Waals surface area contributed by atoms with E-state index in [4.69, 9.17) is 9.73 Å². The second-order valence-corrected chi connectivity index (χ2v) is 14.1. The lowest BCUT2D eigenvalue weighted by molar-refractivity contribution is 0.0242. The molecule has 36 heavy (non-hydrogen) atoms. The number of piperidine rings is 1. The summed E-state index contributed by atoms with van der Waals surface area (Å²) >= 11 is 3.09. The summed E-state index contributed by atoms with van der Waals surface area (Å²) in [5.74, 6) is 0. The van der Waals surface area contributed by atoms with Crippen LogP contribution in [0.15, 0.2) is 63.8 Å². The monoisotopic (exact) mass is 542 g/mol. The number of aromatic nitrogens is 1. The molecule has 2 fully saturated rings. The summed E-state index contributed by atoms with van der Waals surface area (Å²) in [6, 6.07) is 11.8. The number of para-hydroxylation sites is 1. The molecule has 1 spiro atoms. The zero-order chi connectivity index (χ0) is 24.8. The molecule has 0 saturated carbocycles. The topological polar surface area (TPSA) is 78.0 Å². The van der Waals surface area contributed by atoms with E-state index in [9.17, 15) is 8.42 Å². The summed E-state index contributed by atoms with van der Waals surface area (Å²) in [5, 5.41) is 3.73. The van der Waals surface area contributed by atoms with Gasteiger partial charge in [-0.25, -0.2) is 4.31 Å². The van der Waals surface area contributed by atoms with Crippen LogP contribution in [-0.2, 0) is 14.8 Å². The summed E-state index contributed by atoms with van der Waals surface area (Å²) in [5.41, 5.74) is 2.28. The molecule has 2 aromatic heterocycles. The van der Waals surface area contributed by atoms with Gasteiger partial charge in [0.25, 0.3) is 10.0 Å². The minimum Gasteiger partial charge on any atom is -0.381 e. The van der Waals surface area contributed by atoms with Gasteiger partial charge in [-0.15, -0.1) is 11.3 Å². The van der Waals surface area contributed by atoms with E-state index in [1.54, 1.807) is 17.5 Å². The molecule has 3 aliphatic rings. The summed E-state index contributed by atoms with van der Waals surface area (Å²) in [6.45, 7) is 8.64. The number of aliphatic imine (C=N–C) groups is 1. The third-order valence-corrected chi connectivity index (χ3v) is 12.1. The molecule has 190 valence electrons. The molecule has 3 aromatic rings. The molecule has 10 heteroatoms. The normalized spacial score (nSPS) is 21.2. The van der Waals surface area contributed by atoms with Crippen molar-refractivity contribution < 1.29 is 13.2 Å². The average molecular weight is 543 g/mol. The fourth-order valence-corrected chi connectivity index (χ4v) is 9.17. The maximum atomic E-state index is 13.3. The van der Waals surface area contributed by atoms with Gasteiger partial charge in [0, 0.05) is 35.6 Å². The summed E-state index contributed by atoms with van der Waals surface area (Å²) in [6.07, 6.45) is 5.92. The van der Waals surface area contributed by atoms with E-state index < -0.39 is 10.0 Å². The number of hydrogen-bond acceptors (Lipinski definition) is 7. The summed E-state index contributed by atoms with van der Waals surface area (Å²) < 4.78 is 33.8. The molecule has 0 radical (unpaired) electrons. The highest BCUT2D eigenvalue weighted by molar-refractivity contribution is 8.15. The van der Waals surface area contributed by atoms with Crippen molar-refractivity contribution in [2.45, 2.75) is 40.7 Å². The highest BCUT2D eigenvalue weighted by atomic mass is 32.2. The molecule has 1 aromatic carbocycles. The van der Waals surface area contributed by atoms with E-state index >= 15 is 0 Å². The number of fused-ring (bicyclic) bond motifs is 1. The number of nitrogens with zero attached hydrogens (tertiary/aromatic N) is 3. The van der Waals surface area contributed by atoms with E-state index in [0.717, 1.165) is 80.2 Å². The number of hydrogen-bond donors (Lipinski definition) is 1. The van der Waals surface area contributed by atoms with Gasteiger partial charge in [0.1, 0.15) is 9.25 Å². The van der Waals surface area contributed by atoms with Crippen molar-refractivity contribution in [3.8, 4) is 0 Å². The molecule has 5 heterocycles. The largest absolute Gasteiger partial charge is 0.381 e. The van der Waals surface area contributed by atoms with Gasteiger partial charge in [-0.1, -0.05) is 36.5 Å². The number of ether oxygens (including phenoxy) is 1. The van der Waals surface area contributed by atoms with E-state index in [0.29, 0.717) is 11.7 Å². The van der Waals surface area contributed by atoms with Crippen molar-refractivity contribution in [2.75, 3.05) is 37.2 Å². The van der Waals surface area contributed by atoms with Crippen LogP contribution in [0.4, 0.5) is 5.69 Å². The molecule has 0 atom stereocenters. The van der Waals surface area contributed by atoms with Gasteiger partial charge in [-0.3, -0.25) is 4.99 Å². The number of thiophene rings is 1. The van der Waals surface area contributed by atoms with Crippen LogP contribution in [0.25, 0.3) is 10.9 Å². The van der Waals surface area contributed by atoms with E-state index in [-0.39, 0.29) is 8.96 Å². The number of anilines is 1. The van der Waals surface area contributed by atoms with Gasteiger partial charge >= 0.3 is 0 Å². The molecule has 0 amide bonds. The van der Waals surface area contributed by atoms with Gasteiger partial charge in [-0.05, 0) is 62.4 Å². The lowest BCUT2D eigenvalue weighted by atomic mass is 9.93. The van der Waals surface area contributed by atoms with Gasteiger partial charge < -0.3 is 14.6 Å². The maximum Gasteiger partial charge on any atom is 0.277 e.